The van der Waals surface area contributed by atoms with E-state index in [2.05, 4.69) is 35.5 Å². The van der Waals surface area contributed by atoms with Crippen LogP contribution in [0.3, 0.4) is 0 Å². The maximum atomic E-state index is 12.6. The van der Waals surface area contributed by atoms with Gasteiger partial charge in [-0.3, -0.25) is 9.69 Å². The minimum Gasteiger partial charge on any atom is -0.495 e. The van der Waals surface area contributed by atoms with Gasteiger partial charge in [-0.2, -0.15) is 0 Å². The second-order valence-electron chi connectivity index (χ2n) is 6.40. The molecular weight excluding hydrogens is 300 g/mol. The van der Waals surface area contributed by atoms with Crippen molar-refractivity contribution in [3.05, 3.63) is 59.2 Å². The van der Waals surface area contributed by atoms with E-state index in [0.29, 0.717) is 12.2 Å². The van der Waals surface area contributed by atoms with Gasteiger partial charge in [0.15, 0.2) is 0 Å². The summed E-state index contributed by atoms with van der Waals surface area (Å²) in [5, 5.41) is 3.01. The molecule has 0 spiro atoms. The molecule has 1 atom stereocenters. The molecule has 1 N–H and O–H groups in total. The van der Waals surface area contributed by atoms with Gasteiger partial charge in [0, 0.05) is 19.0 Å². The van der Waals surface area contributed by atoms with Crippen LogP contribution in [0.4, 0.5) is 5.69 Å². The molecule has 2 aromatic rings. The van der Waals surface area contributed by atoms with Gasteiger partial charge in [-0.1, -0.05) is 30.3 Å². The van der Waals surface area contributed by atoms with Crippen LogP contribution < -0.4 is 10.1 Å². The van der Waals surface area contributed by atoms with Crippen LogP contribution in [0.25, 0.3) is 0 Å². The van der Waals surface area contributed by atoms with Gasteiger partial charge < -0.3 is 10.1 Å². The number of carbonyl (C=O) groups excluding carboxylic acids is 1. The van der Waals surface area contributed by atoms with Crippen molar-refractivity contribution in [1.29, 1.82) is 0 Å². The molecular formula is C20H24N2O2. The van der Waals surface area contributed by atoms with Gasteiger partial charge in [0.2, 0.25) is 5.91 Å². The average molecular weight is 324 g/mol. The molecule has 0 aliphatic carbocycles. The molecule has 0 fully saturated rings. The van der Waals surface area contributed by atoms with Crippen molar-refractivity contribution >= 4 is 11.6 Å². The standard InChI is InChI=1S/C20H24N2O2/c1-14-8-9-19(24-3)17(12-14)21-20(23)13-18-16-7-5-4-6-15(16)10-11-22(18)2/h4-9,12,18H,10-11,13H2,1-3H3,(H,21,23). The van der Waals surface area contributed by atoms with Crippen LogP contribution in [0.15, 0.2) is 42.5 Å². The molecule has 126 valence electrons. The van der Waals surface area contributed by atoms with Crippen molar-refractivity contribution in [2.24, 2.45) is 0 Å². The highest BCUT2D eigenvalue weighted by Gasteiger charge is 2.26. The number of hydrogen-bond donors (Lipinski definition) is 1. The number of methoxy groups -OCH3 is 1. The van der Waals surface area contributed by atoms with E-state index in [1.807, 2.05) is 31.2 Å². The van der Waals surface area contributed by atoms with Crippen LogP contribution in [0.2, 0.25) is 0 Å². The largest absolute Gasteiger partial charge is 0.495 e. The molecule has 0 saturated heterocycles. The van der Waals surface area contributed by atoms with Crippen molar-refractivity contribution < 1.29 is 9.53 Å². The van der Waals surface area contributed by atoms with Crippen LogP contribution in [0.5, 0.6) is 5.75 Å². The van der Waals surface area contributed by atoms with Gasteiger partial charge in [0.25, 0.3) is 0 Å². The van der Waals surface area contributed by atoms with Gasteiger partial charge in [0.05, 0.1) is 12.8 Å². The molecule has 0 saturated carbocycles. The highest BCUT2D eigenvalue weighted by atomic mass is 16.5. The van der Waals surface area contributed by atoms with E-state index in [4.69, 9.17) is 4.74 Å². The topological polar surface area (TPSA) is 41.6 Å². The van der Waals surface area contributed by atoms with Gasteiger partial charge >= 0.3 is 0 Å². The Kier molecular flexibility index (Phi) is 4.86. The Morgan fingerprint density at radius 3 is 2.88 bits per heavy atom. The number of amides is 1. The summed E-state index contributed by atoms with van der Waals surface area (Å²) in [7, 11) is 3.70. The molecule has 1 aliphatic rings. The molecule has 0 aromatic heterocycles. The number of carbonyl (C=O) groups is 1. The van der Waals surface area contributed by atoms with Crippen molar-refractivity contribution in [1.82, 2.24) is 4.90 Å². The number of hydrogen-bond acceptors (Lipinski definition) is 3. The summed E-state index contributed by atoms with van der Waals surface area (Å²) in [6.07, 6.45) is 1.47. The minimum atomic E-state index is 0.00690. The monoisotopic (exact) mass is 324 g/mol. The lowest BCUT2D eigenvalue weighted by molar-refractivity contribution is -0.117. The predicted molar refractivity (Wildman–Crippen MR) is 96.5 cm³/mol. The van der Waals surface area contributed by atoms with E-state index in [1.54, 1.807) is 7.11 Å². The van der Waals surface area contributed by atoms with E-state index in [0.717, 1.165) is 24.2 Å². The maximum Gasteiger partial charge on any atom is 0.226 e. The average Bonchev–Trinajstić information content (AvgIpc) is 2.58. The number of likely N-dealkylation sites (N-methyl/N-ethyl adjacent to an activating group) is 1. The van der Waals surface area contributed by atoms with E-state index >= 15 is 0 Å². The first kappa shape index (κ1) is 16.5. The second-order valence-corrected chi connectivity index (χ2v) is 6.40. The zero-order chi connectivity index (χ0) is 17.1. The number of fused-ring (bicyclic) bond motifs is 1. The highest BCUT2D eigenvalue weighted by Crippen LogP contribution is 2.32. The number of nitrogens with zero attached hydrogens (tertiary/aromatic N) is 1. The fourth-order valence-corrected chi connectivity index (χ4v) is 3.34. The lowest BCUT2D eigenvalue weighted by Gasteiger charge is -2.34. The second kappa shape index (κ2) is 7.05. The summed E-state index contributed by atoms with van der Waals surface area (Å²) < 4.78 is 5.34. The lowest BCUT2D eigenvalue weighted by Crippen LogP contribution is -2.34. The van der Waals surface area contributed by atoms with E-state index in [9.17, 15) is 4.79 Å². The van der Waals surface area contributed by atoms with Crippen LogP contribution >= 0.6 is 0 Å². The van der Waals surface area contributed by atoms with Crippen molar-refractivity contribution in [3.8, 4) is 5.75 Å². The molecule has 4 heteroatoms. The number of rotatable bonds is 4. The summed E-state index contributed by atoms with van der Waals surface area (Å²) in [5.41, 5.74) is 4.43. The Balaban J connectivity index is 1.77. The fraction of sp³-hybridized carbons (Fsp3) is 0.350. The van der Waals surface area contributed by atoms with E-state index in [1.165, 1.54) is 11.1 Å². The van der Waals surface area contributed by atoms with Crippen LogP contribution in [0.1, 0.15) is 29.2 Å². The zero-order valence-electron chi connectivity index (χ0n) is 14.5. The van der Waals surface area contributed by atoms with Gasteiger partial charge in [-0.25, -0.2) is 0 Å². The normalized spacial score (nSPS) is 17.2. The first-order valence-corrected chi connectivity index (χ1v) is 8.31. The zero-order valence-corrected chi connectivity index (χ0v) is 14.5. The molecule has 1 aliphatic heterocycles. The fourth-order valence-electron chi connectivity index (χ4n) is 3.34. The summed E-state index contributed by atoms with van der Waals surface area (Å²) in [6.45, 7) is 2.98. The molecule has 1 amide bonds. The Morgan fingerprint density at radius 2 is 2.08 bits per heavy atom. The Bertz CT molecular complexity index is 742. The first-order valence-electron chi connectivity index (χ1n) is 8.31. The van der Waals surface area contributed by atoms with Gasteiger partial charge in [0.1, 0.15) is 5.75 Å². The van der Waals surface area contributed by atoms with Crippen LogP contribution in [0, 0.1) is 6.92 Å². The first-order chi connectivity index (χ1) is 11.6. The molecule has 0 bridgehead atoms. The molecule has 24 heavy (non-hydrogen) atoms. The van der Waals surface area contributed by atoms with Crippen molar-refractivity contribution in [3.63, 3.8) is 0 Å². The Morgan fingerprint density at radius 1 is 1.29 bits per heavy atom. The molecule has 1 unspecified atom stereocenters. The van der Waals surface area contributed by atoms with Gasteiger partial charge in [-0.05, 0) is 49.2 Å². The lowest BCUT2D eigenvalue weighted by atomic mass is 9.91. The van der Waals surface area contributed by atoms with Crippen LogP contribution in [-0.2, 0) is 11.2 Å². The Hall–Kier alpha value is -2.33. The van der Waals surface area contributed by atoms with Crippen molar-refractivity contribution in [2.45, 2.75) is 25.8 Å². The molecule has 3 rings (SSSR count). The third-order valence-corrected chi connectivity index (χ3v) is 4.69. The Labute approximate surface area is 143 Å². The summed E-state index contributed by atoms with van der Waals surface area (Å²) in [5.74, 6) is 0.693. The predicted octanol–water partition coefficient (Wildman–Crippen LogP) is 3.56. The van der Waals surface area contributed by atoms with E-state index < -0.39 is 0 Å². The van der Waals surface area contributed by atoms with Crippen molar-refractivity contribution in [2.75, 3.05) is 26.0 Å². The molecule has 4 nitrogen and oxygen atoms in total. The number of ether oxygens (including phenoxy) is 1. The number of benzene rings is 2. The smallest absolute Gasteiger partial charge is 0.226 e. The SMILES string of the molecule is COc1ccc(C)cc1NC(=O)CC1c2ccccc2CCN1C. The number of nitrogens with one attached hydrogen (secondary N) is 1. The van der Waals surface area contributed by atoms with E-state index in [-0.39, 0.29) is 11.9 Å². The summed E-state index contributed by atoms with van der Waals surface area (Å²) in [4.78, 5) is 14.9. The summed E-state index contributed by atoms with van der Waals surface area (Å²) >= 11 is 0. The number of anilines is 1. The van der Waals surface area contributed by atoms with Crippen LogP contribution in [-0.4, -0.2) is 31.5 Å². The third kappa shape index (κ3) is 3.44. The molecule has 1 heterocycles. The molecule has 2 aromatic carbocycles. The highest BCUT2D eigenvalue weighted by molar-refractivity contribution is 5.92. The minimum absolute atomic E-state index is 0.00690. The quantitative estimate of drug-likeness (QED) is 0.935. The molecule has 0 radical (unpaired) electrons. The maximum absolute atomic E-state index is 12.6. The van der Waals surface area contributed by atoms with Gasteiger partial charge in [-0.15, -0.1) is 0 Å². The number of aryl methyl sites for hydroxylation is 1. The third-order valence-electron chi connectivity index (χ3n) is 4.69. The summed E-state index contributed by atoms with van der Waals surface area (Å²) in [6, 6.07) is 14.3.